The molecule has 1 aliphatic rings. The van der Waals surface area contributed by atoms with Crippen molar-refractivity contribution in [1.82, 2.24) is 20.9 Å². The fourth-order valence-electron chi connectivity index (χ4n) is 5.98. The van der Waals surface area contributed by atoms with Gasteiger partial charge < -0.3 is 35.8 Å². The number of aliphatic hydroxyl groups excluding tert-OH is 1. The first-order valence-electron chi connectivity index (χ1n) is 16.8. The molecule has 0 fully saturated rings. The Morgan fingerprint density at radius 1 is 0.939 bits per heavy atom. The summed E-state index contributed by atoms with van der Waals surface area (Å²) in [5, 5.41) is 29.9. The Morgan fingerprint density at radius 2 is 1.61 bits per heavy atom. The van der Waals surface area contributed by atoms with Gasteiger partial charge in [-0.1, -0.05) is 74.5 Å². The summed E-state index contributed by atoms with van der Waals surface area (Å²) in [4.78, 5) is 55.5. The first-order chi connectivity index (χ1) is 23.3. The average Bonchev–Trinajstić information content (AvgIpc) is 3.07. The molecule has 0 saturated carbocycles. The highest BCUT2D eigenvalue weighted by atomic mass is 16.5. The van der Waals surface area contributed by atoms with Crippen LogP contribution in [-0.4, -0.2) is 89.1 Å². The Morgan fingerprint density at radius 3 is 2.27 bits per heavy atom. The zero-order valence-corrected chi connectivity index (χ0v) is 28.8. The van der Waals surface area contributed by atoms with Crippen LogP contribution >= 0.6 is 0 Å². The normalized spacial score (nSPS) is 22.2. The molecule has 4 rings (SSSR count). The maximum atomic E-state index is 13.8. The van der Waals surface area contributed by atoms with Crippen LogP contribution in [0.1, 0.15) is 61.2 Å². The molecule has 0 bridgehead atoms. The molecule has 0 aliphatic carbocycles. The van der Waals surface area contributed by atoms with E-state index in [1.807, 2.05) is 26.8 Å². The summed E-state index contributed by atoms with van der Waals surface area (Å²) >= 11 is 0. The number of amides is 3. The first-order valence-corrected chi connectivity index (χ1v) is 16.8. The van der Waals surface area contributed by atoms with Crippen LogP contribution in [0.25, 0.3) is 0 Å². The molecule has 3 amide bonds. The number of phenolic OH excluding ortho intramolecular Hbond substituents is 1. The van der Waals surface area contributed by atoms with Crippen molar-refractivity contribution in [2.24, 2.45) is 5.92 Å². The molecule has 0 radical (unpaired) electrons. The van der Waals surface area contributed by atoms with E-state index in [0.717, 1.165) is 5.56 Å². The molecular weight excluding hydrogens is 624 g/mol. The van der Waals surface area contributed by atoms with Crippen molar-refractivity contribution in [3.63, 3.8) is 0 Å². The predicted molar refractivity (Wildman–Crippen MR) is 186 cm³/mol. The van der Waals surface area contributed by atoms with Crippen LogP contribution in [0.5, 0.6) is 11.5 Å². The lowest BCUT2D eigenvalue weighted by Crippen LogP contribution is -2.61. The molecule has 1 heterocycles. The second-order valence-electron chi connectivity index (χ2n) is 13.1. The lowest BCUT2D eigenvalue weighted by molar-refractivity contribution is -0.145. The number of hydrogen-bond acceptors (Lipinski definition) is 8. The fourth-order valence-corrected chi connectivity index (χ4v) is 5.98. The van der Waals surface area contributed by atoms with Crippen LogP contribution in [0.2, 0.25) is 0 Å². The van der Waals surface area contributed by atoms with Gasteiger partial charge in [0.15, 0.2) is 5.78 Å². The monoisotopic (exact) mass is 672 g/mol. The van der Waals surface area contributed by atoms with Gasteiger partial charge >= 0.3 is 0 Å². The minimum absolute atomic E-state index is 0.0623. The second-order valence-corrected chi connectivity index (χ2v) is 13.1. The van der Waals surface area contributed by atoms with Gasteiger partial charge in [0.05, 0.1) is 12.1 Å². The van der Waals surface area contributed by atoms with Gasteiger partial charge in [-0.05, 0) is 49.8 Å². The highest BCUT2D eigenvalue weighted by Crippen LogP contribution is 2.26. The summed E-state index contributed by atoms with van der Waals surface area (Å²) in [5.74, 6) is -1.22. The number of carbonyl (C=O) groups excluding carboxylic acids is 4. The molecule has 2 unspecified atom stereocenters. The number of likely N-dealkylation sites (N-methyl/N-ethyl adjacent to an activating group) is 1. The van der Waals surface area contributed by atoms with E-state index >= 15 is 0 Å². The Labute approximate surface area is 288 Å². The number of aliphatic hydroxyl groups is 1. The van der Waals surface area contributed by atoms with E-state index in [-0.39, 0.29) is 36.5 Å². The Hall–Kier alpha value is -4.74. The van der Waals surface area contributed by atoms with Crippen molar-refractivity contribution >= 4 is 23.5 Å². The van der Waals surface area contributed by atoms with E-state index in [4.69, 9.17) is 4.74 Å². The van der Waals surface area contributed by atoms with Crippen molar-refractivity contribution in [2.45, 2.75) is 77.2 Å². The number of nitrogens with zero attached hydrogens (tertiary/aromatic N) is 1. The van der Waals surface area contributed by atoms with Crippen LogP contribution in [0.15, 0.2) is 72.8 Å². The molecule has 3 aromatic rings. The third kappa shape index (κ3) is 9.90. The largest absolute Gasteiger partial charge is 0.508 e. The number of hydrogen-bond donors (Lipinski definition) is 5. The van der Waals surface area contributed by atoms with Crippen molar-refractivity contribution < 1.29 is 34.1 Å². The van der Waals surface area contributed by atoms with E-state index in [9.17, 15) is 29.4 Å². The summed E-state index contributed by atoms with van der Waals surface area (Å²) in [6.45, 7) is 7.57. The van der Waals surface area contributed by atoms with E-state index in [0.29, 0.717) is 41.8 Å². The molecular formula is C38H48N4O7. The van der Waals surface area contributed by atoms with Crippen molar-refractivity contribution in [2.75, 3.05) is 20.2 Å². The van der Waals surface area contributed by atoms with Crippen molar-refractivity contribution in [3.05, 3.63) is 95.1 Å². The topological polar surface area (TPSA) is 157 Å². The van der Waals surface area contributed by atoms with Gasteiger partial charge in [-0.15, -0.1) is 0 Å². The average molecular weight is 673 g/mol. The molecule has 0 aromatic heterocycles. The molecule has 5 N–H and O–H groups in total. The van der Waals surface area contributed by atoms with Gasteiger partial charge in [-0.3, -0.25) is 19.2 Å². The molecule has 49 heavy (non-hydrogen) atoms. The van der Waals surface area contributed by atoms with Gasteiger partial charge in [-0.25, -0.2) is 0 Å². The number of aromatic hydroxyl groups is 1. The quantitative estimate of drug-likeness (QED) is 0.250. The highest BCUT2D eigenvalue weighted by molar-refractivity contribution is 6.09. The number of benzene rings is 3. The van der Waals surface area contributed by atoms with E-state index in [2.05, 4.69) is 16.0 Å². The van der Waals surface area contributed by atoms with Crippen LogP contribution in [0, 0.1) is 5.92 Å². The third-order valence-corrected chi connectivity index (χ3v) is 8.76. The molecule has 3 aromatic carbocycles. The Kier molecular flexibility index (Phi) is 12.9. The van der Waals surface area contributed by atoms with Gasteiger partial charge in [0, 0.05) is 43.2 Å². The second kappa shape index (κ2) is 17.1. The van der Waals surface area contributed by atoms with Crippen molar-refractivity contribution in [3.8, 4) is 11.5 Å². The molecule has 11 nitrogen and oxygen atoms in total. The number of fused-ring (bicyclic) bond motifs is 1. The molecule has 262 valence electrons. The van der Waals surface area contributed by atoms with Gasteiger partial charge in [-0.2, -0.15) is 0 Å². The Bertz CT molecular complexity index is 1590. The van der Waals surface area contributed by atoms with Crippen LogP contribution in [0.4, 0.5) is 0 Å². The SMILES string of the molecule is CC(C)C1NCCOc2cc(O)ccc2CC[C@@H](C)NC(=O)[C@@H](Cc2ccc(C(=O)c3ccccc3)cc2)NC(=O)[C@H](C(C)O)N(C)C1=O. The zero-order valence-electron chi connectivity index (χ0n) is 28.8. The van der Waals surface area contributed by atoms with E-state index in [1.54, 1.807) is 66.7 Å². The van der Waals surface area contributed by atoms with E-state index in [1.165, 1.54) is 18.9 Å². The number of nitrogens with one attached hydrogen (secondary N) is 3. The minimum Gasteiger partial charge on any atom is -0.508 e. The van der Waals surface area contributed by atoms with Crippen LogP contribution < -0.4 is 20.7 Å². The Balaban J connectivity index is 1.63. The lowest BCUT2D eigenvalue weighted by atomic mass is 9.98. The van der Waals surface area contributed by atoms with Gasteiger partial charge in [0.2, 0.25) is 17.7 Å². The number of rotatable bonds is 6. The maximum Gasteiger partial charge on any atom is 0.246 e. The number of ketones is 1. The molecule has 1 aliphatic heterocycles. The third-order valence-electron chi connectivity index (χ3n) is 8.76. The van der Waals surface area contributed by atoms with Crippen molar-refractivity contribution in [1.29, 1.82) is 0 Å². The molecule has 11 heteroatoms. The predicted octanol–water partition coefficient (Wildman–Crippen LogP) is 3.00. The van der Waals surface area contributed by atoms with Gasteiger partial charge in [0.1, 0.15) is 30.2 Å². The number of carbonyl (C=O) groups is 4. The number of aryl methyl sites for hydroxylation is 1. The van der Waals surface area contributed by atoms with Gasteiger partial charge in [0.25, 0.3) is 0 Å². The molecule has 0 saturated heterocycles. The van der Waals surface area contributed by atoms with Crippen LogP contribution in [-0.2, 0) is 27.2 Å². The van der Waals surface area contributed by atoms with Crippen LogP contribution in [0.3, 0.4) is 0 Å². The number of phenols is 1. The molecule has 0 spiro atoms. The summed E-state index contributed by atoms with van der Waals surface area (Å²) in [6.07, 6.45) is -0.0582. The summed E-state index contributed by atoms with van der Waals surface area (Å²) in [7, 11) is 1.46. The van der Waals surface area contributed by atoms with E-state index < -0.39 is 42.0 Å². The number of ether oxygens (including phenoxy) is 1. The maximum absolute atomic E-state index is 13.8. The summed E-state index contributed by atoms with van der Waals surface area (Å²) in [6, 6.07) is 17.4. The fraction of sp³-hybridized carbons (Fsp3) is 0.421. The lowest BCUT2D eigenvalue weighted by Gasteiger charge is -2.34. The minimum atomic E-state index is -1.28. The molecule has 5 atom stereocenters. The summed E-state index contributed by atoms with van der Waals surface area (Å²) < 4.78 is 6.01. The standard InChI is InChI=1S/C38H48N4O7/c1-23(2)33-38(48)42(5)34(25(4)43)37(47)41-31(21-26-12-15-29(16-13-26)35(45)28-9-7-6-8-10-28)36(46)40-24(3)11-14-27-17-18-30(44)22-32(27)49-20-19-39-33/h6-10,12-13,15-18,22-25,31,33-34,39,43-44H,11,14,19-21H2,1-5H3,(H,40,46)(H,41,47)/t24-,25?,31-,33?,34+/m1/s1. The first kappa shape index (κ1) is 37.1. The highest BCUT2D eigenvalue weighted by Gasteiger charge is 2.37. The smallest absolute Gasteiger partial charge is 0.246 e. The summed E-state index contributed by atoms with van der Waals surface area (Å²) in [5.41, 5.74) is 2.60. The zero-order chi connectivity index (χ0) is 35.7.